The Balaban J connectivity index is 1.30. The highest BCUT2D eigenvalue weighted by Crippen LogP contribution is 2.33. The monoisotopic (exact) mass is 424 g/mol. The van der Waals surface area contributed by atoms with Gasteiger partial charge >= 0.3 is 0 Å². The van der Waals surface area contributed by atoms with Crippen LogP contribution < -0.4 is 25.0 Å². The molecule has 2 atom stereocenters. The van der Waals surface area contributed by atoms with Crippen molar-refractivity contribution >= 4 is 17.5 Å². The highest BCUT2D eigenvalue weighted by Gasteiger charge is 2.32. The molecule has 0 aliphatic carbocycles. The van der Waals surface area contributed by atoms with Crippen molar-refractivity contribution in [1.29, 1.82) is 0 Å². The maximum absolute atomic E-state index is 12.5. The number of nitrogens with one attached hydrogen (secondary N) is 3. The number of benzene rings is 2. The molecule has 31 heavy (non-hydrogen) atoms. The lowest BCUT2D eigenvalue weighted by molar-refractivity contribution is -0.910. The number of rotatable bonds is 6. The second-order valence-corrected chi connectivity index (χ2v) is 8.26. The Hall–Kier alpha value is -3.06. The fourth-order valence-corrected chi connectivity index (χ4v) is 4.33. The van der Waals surface area contributed by atoms with E-state index in [1.165, 1.54) is 4.90 Å². The predicted molar refractivity (Wildman–Crippen MR) is 118 cm³/mol. The molecule has 0 spiro atoms. The number of quaternary nitrogens is 1. The first-order valence-corrected chi connectivity index (χ1v) is 10.9. The van der Waals surface area contributed by atoms with E-state index < -0.39 is 0 Å². The number of anilines is 1. The molecule has 0 bridgehead atoms. The molecule has 2 aromatic carbocycles. The summed E-state index contributed by atoms with van der Waals surface area (Å²) in [6.07, 6.45) is 2.09. The quantitative estimate of drug-likeness (QED) is 0.657. The Kier molecular flexibility index (Phi) is 6.42. The molecule has 2 aromatic rings. The zero-order valence-corrected chi connectivity index (χ0v) is 18.1. The van der Waals surface area contributed by atoms with Crippen LogP contribution in [0.5, 0.6) is 11.5 Å². The van der Waals surface area contributed by atoms with E-state index in [1.54, 1.807) is 0 Å². The summed E-state index contributed by atoms with van der Waals surface area (Å²) >= 11 is 0. The van der Waals surface area contributed by atoms with Crippen molar-refractivity contribution in [3.05, 3.63) is 53.1 Å². The van der Waals surface area contributed by atoms with Crippen molar-refractivity contribution in [1.82, 2.24) is 5.32 Å². The SMILES string of the molecule is Cc1cccc(NC(=O)CNC(=O)C[NH+]2CCC[C@@H]2c2ccc3c(c2)OCCO3)c1C. The highest BCUT2D eigenvalue weighted by atomic mass is 16.6. The maximum atomic E-state index is 12.5. The van der Waals surface area contributed by atoms with Crippen LogP contribution in [0.4, 0.5) is 5.69 Å². The molecular formula is C24H30N3O4+. The third-order valence-electron chi connectivity index (χ3n) is 6.16. The van der Waals surface area contributed by atoms with E-state index in [-0.39, 0.29) is 24.4 Å². The molecule has 2 aliphatic rings. The molecule has 3 N–H and O–H groups in total. The number of carbonyl (C=O) groups is 2. The molecular weight excluding hydrogens is 394 g/mol. The average molecular weight is 425 g/mol. The number of hydrogen-bond donors (Lipinski definition) is 3. The molecule has 0 radical (unpaired) electrons. The molecule has 7 heteroatoms. The van der Waals surface area contributed by atoms with Gasteiger partial charge in [-0.25, -0.2) is 0 Å². The van der Waals surface area contributed by atoms with E-state index in [0.717, 1.165) is 53.3 Å². The van der Waals surface area contributed by atoms with E-state index in [1.807, 2.05) is 44.2 Å². The fraction of sp³-hybridized carbons (Fsp3) is 0.417. The van der Waals surface area contributed by atoms with Crippen molar-refractivity contribution in [2.24, 2.45) is 0 Å². The van der Waals surface area contributed by atoms with Crippen LogP contribution >= 0.6 is 0 Å². The van der Waals surface area contributed by atoms with Crippen molar-refractivity contribution < 1.29 is 24.0 Å². The summed E-state index contributed by atoms with van der Waals surface area (Å²) in [5, 5.41) is 5.65. The van der Waals surface area contributed by atoms with Gasteiger partial charge in [0, 0.05) is 24.1 Å². The largest absolute Gasteiger partial charge is 0.486 e. The van der Waals surface area contributed by atoms with Crippen LogP contribution in [0.25, 0.3) is 0 Å². The third kappa shape index (κ3) is 4.99. The summed E-state index contributed by atoms with van der Waals surface area (Å²) in [7, 11) is 0. The summed E-state index contributed by atoms with van der Waals surface area (Å²) in [6, 6.07) is 12.1. The molecule has 2 aliphatic heterocycles. The lowest BCUT2D eigenvalue weighted by atomic mass is 10.0. The van der Waals surface area contributed by atoms with Gasteiger partial charge in [0.05, 0.1) is 13.1 Å². The Morgan fingerprint density at radius 3 is 2.71 bits per heavy atom. The number of amides is 2. The molecule has 1 fully saturated rings. The summed E-state index contributed by atoms with van der Waals surface area (Å²) in [6.45, 7) is 6.35. The van der Waals surface area contributed by atoms with Crippen LogP contribution in [-0.2, 0) is 9.59 Å². The molecule has 2 amide bonds. The Labute approximate surface area is 182 Å². The fourth-order valence-electron chi connectivity index (χ4n) is 4.33. The zero-order valence-electron chi connectivity index (χ0n) is 18.1. The molecule has 1 unspecified atom stereocenters. The minimum atomic E-state index is -0.221. The molecule has 2 heterocycles. The van der Waals surface area contributed by atoms with E-state index in [0.29, 0.717) is 19.8 Å². The van der Waals surface area contributed by atoms with Gasteiger partial charge in [0.15, 0.2) is 18.0 Å². The lowest BCUT2D eigenvalue weighted by Crippen LogP contribution is -3.11. The summed E-state index contributed by atoms with van der Waals surface area (Å²) in [5.41, 5.74) is 4.09. The van der Waals surface area contributed by atoms with E-state index in [4.69, 9.17) is 9.47 Å². The van der Waals surface area contributed by atoms with Gasteiger partial charge in [0.1, 0.15) is 19.3 Å². The van der Waals surface area contributed by atoms with Gasteiger partial charge in [-0.2, -0.15) is 0 Å². The molecule has 0 saturated carbocycles. The van der Waals surface area contributed by atoms with Crippen molar-refractivity contribution in [3.63, 3.8) is 0 Å². The summed E-state index contributed by atoms with van der Waals surface area (Å²) in [4.78, 5) is 26.0. The van der Waals surface area contributed by atoms with Crippen LogP contribution in [0.3, 0.4) is 0 Å². The normalized spacial score (nSPS) is 19.7. The van der Waals surface area contributed by atoms with Gasteiger partial charge < -0.3 is 25.0 Å². The van der Waals surface area contributed by atoms with Crippen LogP contribution in [-0.4, -0.2) is 44.7 Å². The Morgan fingerprint density at radius 2 is 1.87 bits per heavy atom. The zero-order chi connectivity index (χ0) is 21.8. The first-order valence-electron chi connectivity index (χ1n) is 10.9. The van der Waals surface area contributed by atoms with Crippen molar-refractivity contribution in [3.8, 4) is 11.5 Å². The number of likely N-dealkylation sites (tertiary alicyclic amines) is 1. The minimum Gasteiger partial charge on any atom is -0.486 e. The number of hydrogen-bond acceptors (Lipinski definition) is 4. The topological polar surface area (TPSA) is 81.1 Å². The van der Waals surface area contributed by atoms with Crippen LogP contribution in [0.2, 0.25) is 0 Å². The predicted octanol–water partition coefficient (Wildman–Crippen LogP) is 1.55. The van der Waals surface area contributed by atoms with Crippen LogP contribution in [0.15, 0.2) is 36.4 Å². The standard InChI is InChI=1S/C24H29N3O4/c1-16-5-3-6-19(17(16)2)26-23(28)14-25-24(29)15-27-10-4-7-20(27)18-8-9-21-22(13-18)31-12-11-30-21/h3,5-6,8-9,13,20H,4,7,10-12,14-15H2,1-2H3,(H,25,29)(H,26,28)/p+1/t20-/m1/s1. The average Bonchev–Trinajstić information content (AvgIpc) is 3.23. The Morgan fingerprint density at radius 1 is 1.06 bits per heavy atom. The molecule has 1 saturated heterocycles. The van der Waals surface area contributed by atoms with E-state index >= 15 is 0 Å². The minimum absolute atomic E-state index is 0.0335. The van der Waals surface area contributed by atoms with Crippen molar-refractivity contribution in [2.75, 3.05) is 38.2 Å². The smallest absolute Gasteiger partial charge is 0.275 e. The first kappa shape index (κ1) is 21.2. The number of ether oxygens (including phenoxy) is 2. The van der Waals surface area contributed by atoms with Crippen LogP contribution in [0, 0.1) is 13.8 Å². The first-order chi connectivity index (χ1) is 15.0. The highest BCUT2D eigenvalue weighted by molar-refractivity contribution is 5.95. The van der Waals surface area contributed by atoms with Gasteiger partial charge in [-0.05, 0) is 49.2 Å². The summed E-state index contributed by atoms with van der Waals surface area (Å²) < 4.78 is 11.3. The van der Waals surface area contributed by atoms with Gasteiger partial charge in [-0.15, -0.1) is 0 Å². The van der Waals surface area contributed by atoms with Crippen LogP contribution in [0.1, 0.15) is 35.6 Å². The van der Waals surface area contributed by atoms with Gasteiger partial charge in [0.25, 0.3) is 5.91 Å². The maximum Gasteiger partial charge on any atom is 0.275 e. The van der Waals surface area contributed by atoms with E-state index in [9.17, 15) is 9.59 Å². The second-order valence-electron chi connectivity index (χ2n) is 8.26. The summed E-state index contributed by atoms with van der Waals surface area (Å²) in [5.74, 6) is 1.22. The molecule has 4 rings (SSSR count). The number of aryl methyl sites for hydroxylation is 1. The molecule has 164 valence electrons. The van der Waals surface area contributed by atoms with Crippen molar-refractivity contribution in [2.45, 2.75) is 32.7 Å². The van der Waals surface area contributed by atoms with Gasteiger partial charge in [-0.3, -0.25) is 9.59 Å². The second kappa shape index (κ2) is 9.39. The molecule has 7 nitrogen and oxygen atoms in total. The number of carbonyl (C=O) groups excluding carboxylic acids is 2. The molecule has 0 aromatic heterocycles. The number of fused-ring (bicyclic) bond motifs is 1. The van der Waals surface area contributed by atoms with E-state index in [2.05, 4.69) is 16.7 Å². The third-order valence-corrected chi connectivity index (χ3v) is 6.16. The lowest BCUT2D eigenvalue weighted by Gasteiger charge is -2.24. The Bertz CT molecular complexity index is 975. The van der Waals surface area contributed by atoms with Gasteiger partial charge in [0.2, 0.25) is 5.91 Å². The van der Waals surface area contributed by atoms with Gasteiger partial charge in [-0.1, -0.05) is 12.1 Å².